The fraction of sp³-hybridized carbons (Fsp3) is 0.300. The van der Waals surface area contributed by atoms with Gasteiger partial charge < -0.3 is 10.0 Å². The first-order chi connectivity index (χ1) is 12.1. The standard InChI is InChI=1S/C20H24N2O3S/c1-14-13-20(3,4)22(15(2)23)19-11-10-16(12-18(14)19)21-26(24,25)17-8-6-5-7-9-17/h5-13,15,21,23H,1-4H3. The van der Waals surface area contributed by atoms with Crippen LogP contribution in [0.5, 0.6) is 0 Å². The number of anilines is 2. The lowest BCUT2D eigenvalue weighted by Crippen LogP contribution is -2.50. The Kier molecular flexibility index (Phi) is 4.58. The van der Waals surface area contributed by atoms with E-state index in [2.05, 4.69) is 10.8 Å². The zero-order valence-electron chi connectivity index (χ0n) is 15.4. The first-order valence-electron chi connectivity index (χ1n) is 8.51. The van der Waals surface area contributed by atoms with Crippen LogP contribution >= 0.6 is 0 Å². The van der Waals surface area contributed by atoms with Crippen LogP contribution in [0.15, 0.2) is 59.5 Å². The van der Waals surface area contributed by atoms with Gasteiger partial charge in [0, 0.05) is 16.9 Å². The fourth-order valence-electron chi connectivity index (χ4n) is 3.61. The number of benzene rings is 2. The van der Waals surface area contributed by atoms with Crippen molar-refractivity contribution in [1.29, 1.82) is 0 Å². The van der Waals surface area contributed by atoms with Crippen molar-refractivity contribution in [1.82, 2.24) is 0 Å². The molecule has 1 aliphatic heterocycles. The first kappa shape index (κ1) is 18.5. The van der Waals surface area contributed by atoms with Gasteiger partial charge in [-0.25, -0.2) is 8.42 Å². The van der Waals surface area contributed by atoms with Crippen LogP contribution in [0.4, 0.5) is 11.4 Å². The maximum atomic E-state index is 12.6. The second kappa shape index (κ2) is 6.45. The average Bonchev–Trinajstić information content (AvgIpc) is 2.55. The van der Waals surface area contributed by atoms with Crippen LogP contribution in [-0.4, -0.2) is 25.3 Å². The fourth-order valence-corrected chi connectivity index (χ4v) is 4.68. The number of aliphatic hydroxyl groups is 1. The van der Waals surface area contributed by atoms with E-state index >= 15 is 0 Å². The van der Waals surface area contributed by atoms with Crippen LogP contribution in [0.2, 0.25) is 0 Å². The maximum Gasteiger partial charge on any atom is 0.261 e. The number of fused-ring (bicyclic) bond motifs is 1. The van der Waals surface area contributed by atoms with Crippen molar-refractivity contribution in [3.63, 3.8) is 0 Å². The van der Waals surface area contributed by atoms with Gasteiger partial charge in [0.1, 0.15) is 6.23 Å². The Bertz CT molecular complexity index is 948. The molecule has 26 heavy (non-hydrogen) atoms. The van der Waals surface area contributed by atoms with Gasteiger partial charge in [-0.2, -0.15) is 0 Å². The second-order valence-corrected chi connectivity index (χ2v) is 8.82. The molecule has 6 heteroatoms. The Morgan fingerprint density at radius 3 is 2.38 bits per heavy atom. The van der Waals surface area contributed by atoms with Gasteiger partial charge in [-0.05, 0) is 63.6 Å². The summed E-state index contributed by atoms with van der Waals surface area (Å²) in [7, 11) is -3.64. The van der Waals surface area contributed by atoms with E-state index in [1.165, 1.54) is 0 Å². The summed E-state index contributed by atoms with van der Waals surface area (Å²) < 4.78 is 27.7. The Morgan fingerprint density at radius 2 is 1.77 bits per heavy atom. The first-order valence-corrected chi connectivity index (χ1v) is 9.99. The SMILES string of the molecule is CC1=CC(C)(C)N(C(C)O)c2ccc(NS(=O)(=O)c3ccccc3)cc21. The quantitative estimate of drug-likeness (QED) is 0.856. The number of sulfonamides is 1. The van der Waals surface area contributed by atoms with Crippen LogP contribution in [0.1, 0.15) is 33.3 Å². The lowest BCUT2D eigenvalue weighted by molar-refractivity contribution is 0.169. The highest BCUT2D eigenvalue weighted by molar-refractivity contribution is 7.92. The summed E-state index contributed by atoms with van der Waals surface area (Å²) in [6, 6.07) is 13.7. The molecule has 2 aromatic rings. The van der Waals surface area contributed by atoms with Gasteiger partial charge in [-0.1, -0.05) is 24.3 Å². The van der Waals surface area contributed by atoms with Crippen molar-refractivity contribution >= 4 is 27.0 Å². The Morgan fingerprint density at radius 1 is 1.12 bits per heavy atom. The maximum absolute atomic E-state index is 12.6. The Labute approximate surface area is 155 Å². The van der Waals surface area contributed by atoms with Crippen molar-refractivity contribution in [3.05, 3.63) is 60.2 Å². The third-order valence-corrected chi connectivity index (χ3v) is 5.95. The van der Waals surface area contributed by atoms with Gasteiger partial charge in [-0.15, -0.1) is 0 Å². The van der Waals surface area contributed by atoms with Gasteiger partial charge in [-0.3, -0.25) is 4.72 Å². The summed E-state index contributed by atoms with van der Waals surface area (Å²) in [4.78, 5) is 2.14. The Balaban J connectivity index is 2.01. The number of aliphatic hydroxyl groups excluding tert-OH is 1. The highest BCUT2D eigenvalue weighted by Gasteiger charge is 2.34. The van der Waals surface area contributed by atoms with Crippen molar-refractivity contribution in [2.45, 2.75) is 44.4 Å². The molecule has 1 unspecified atom stereocenters. The van der Waals surface area contributed by atoms with E-state index in [0.29, 0.717) is 5.69 Å². The number of nitrogens with zero attached hydrogens (tertiary/aromatic N) is 1. The monoisotopic (exact) mass is 372 g/mol. The second-order valence-electron chi connectivity index (χ2n) is 7.13. The molecule has 2 aromatic carbocycles. The molecule has 1 heterocycles. The molecule has 138 valence electrons. The van der Waals surface area contributed by atoms with Crippen molar-refractivity contribution < 1.29 is 13.5 Å². The van der Waals surface area contributed by atoms with Gasteiger partial charge in [0.15, 0.2) is 0 Å². The summed E-state index contributed by atoms with van der Waals surface area (Å²) in [5, 5.41) is 10.2. The molecular formula is C20H24N2O3S. The third kappa shape index (κ3) is 3.34. The van der Waals surface area contributed by atoms with E-state index < -0.39 is 16.3 Å². The Hall–Kier alpha value is -2.31. The minimum atomic E-state index is -3.64. The zero-order chi connectivity index (χ0) is 19.1. The van der Waals surface area contributed by atoms with Crippen LogP contribution in [-0.2, 0) is 10.0 Å². The van der Waals surface area contributed by atoms with E-state index in [1.807, 2.05) is 37.8 Å². The van der Waals surface area contributed by atoms with Crippen molar-refractivity contribution in [2.75, 3.05) is 9.62 Å². The van der Waals surface area contributed by atoms with Gasteiger partial charge >= 0.3 is 0 Å². The van der Waals surface area contributed by atoms with Crippen LogP contribution < -0.4 is 9.62 Å². The molecule has 3 rings (SSSR count). The zero-order valence-corrected chi connectivity index (χ0v) is 16.2. The molecule has 0 fully saturated rings. The number of allylic oxidation sites excluding steroid dienone is 1. The molecule has 0 spiro atoms. The van der Waals surface area contributed by atoms with Crippen molar-refractivity contribution in [3.8, 4) is 0 Å². The smallest absolute Gasteiger partial charge is 0.261 e. The van der Waals surface area contributed by atoms with E-state index in [9.17, 15) is 13.5 Å². The van der Waals surface area contributed by atoms with Gasteiger partial charge in [0.05, 0.1) is 10.4 Å². The van der Waals surface area contributed by atoms with Gasteiger partial charge in [0.2, 0.25) is 0 Å². The predicted octanol–water partition coefficient (Wildman–Crippen LogP) is 3.83. The van der Waals surface area contributed by atoms with E-state index in [0.717, 1.165) is 16.8 Å². The van der Waals surface area contributed by atoms with E-state index in [1.54, 1.807) is 43.3 Å². The highest BCUT2D eigenvalue weighted by atomic mass is 32.2. The minimum absolute atomic E-state index is 0.219. The molecule has 1 aliphatic rings. The van der Waals surface area contributed by atoms with Crippen LogP contribution in [0.25, 0.3) is 5.57 Å². The predicted molar refractivity (Wildman–Crippen MR) is 106 cm³/mol. The number of hydrogen-bond donors (Lipinski definition) is 2. The molecule has 5 nitrogen and oxygen atoms in total. The molecule has 1 atom stereocenters. The molecule has 0 aromatic heterocycles. The van der Waals surface area contributed by atoms with E-state index in [4.69, 9.17) is 0 Å². The van der Waals surface area contributed by atoms with Crippen LogP contribution in [0.3, 0.4) is 0 Å². The average molecular weight is 372 g/mol. The van der Waals surface area contributed by atoms with Gasteiger partial charge in [0.25, 0.3) is 10.0 Å². The molecule has 0 saturated carbocycles. The third-order valence-electron chi connectivity index (χ3n) is 4.55. The molecule has 0 saturated heterocycles. The summed E-state index contributed by atoms with van der Waals surface area (Å²) in [5.41, 5.74) is 2.98. The molecule has 0 radical (unpaired) electrons. The highest BCUT2D eigenvalue weighted by Crippen LogP contribution is 2.41. The largest absolute Gasteiger partial charge is 0.374 e. The summed E-state index contributed by atoms with van der Waals surface area (Å²) in [6.45, 7) is 7.80. The minimum Gasteiger partial charge on any atom is -0.374 e. The van der Waals surface area contributed by atoms with Crippen molar-refractivity contribution in [2.24, 2.45) is 0 Å². The number of nitrogens with one attached hydrogen (secondary N) is 1. The topological polar surface area (TPSA) is 69.6 Å². The summed E-state index contributed by atoms with van der Waals surface area (Å²) in [5.74, 6) is 0. The lowest BCUT2D eigenvalue weighted by Gasteiger charge is -2.45. The summed E-state index contributed by atoms with van der Waals surface area (Å²) >= 11 is 0. The molecular weight excluding hydrogens is 348 g/mol. The summed E-state index contributed by atoms with van der Waals surface area (Å²) in [6.07, 6.45) is 1.41. The number of hydrogen-bond acceptors (Lipinski definition) is 4. The van der Waals surface area contributed by atoms with Crippen LogP contribution in [0, 0.1) is 0 Å². The normalized spacial score (nSPS) is 17.3. The molecule has 2 N–H and O–H groups in total. The molecule has 0 aliphatic carbocycles. The lowest BCUT2D eigenvalue weighted by atomic mass is 9.88. The molecule has 0 bridgehead atoms. The number of rotatable bonds is 4. The van der Waals surface area contributed by atoms with E-state index in [-0.39, 0.29) is 10.4 Å². The molecule has 0 amide bonds.